The zero-order valence-corrected chi connectivity index (χ0v) is 14.1. The molecule has 1 atom stereocenters. The maximum absolute atomic E-state index is 6.34. The lowest BCUT2D eigenvalue weighted by Crippen LogP contribution is -2.26. The molecule has 0 radical (unpaired) electrons. The maximum atomic E-state index is 6.34. The molecule has 1 unspecified atom stereocenters. The van der Waals surface area contributed by atoms with E-state index in [-0.39, 0.29) is 0 Å². The van der Waals surface area contributed by atoms with Gasteiger partial charge in [-0.05, 0) is 42.7 Å². The summed E-state index contributed by atoms with van der Waals surface area (Å²) >= 11 is 12.7. The van der Waals surface area contributed by atoms with Crippen LogP contribution in [0.2, 0.25) is 10.0 Å². The van der Waals surface area contributed by atoms with Crippen molar-refractivity contribution in [3.8, 4) is 0 Å². The summed E-state index contributed by atoms with van der Waals surface area (Å²) in [5.41, 5.74) is 7.70. The number of nitrogen functional groups attached to an aromatic ring is 1. The van der Waals surface area contributed by atoms with Crippen molar-refractivity contribution in [1.82, 2.24) is 0 Å². The first-order chi connectivity index (χ1) is 9.29. The molecule has 2 rings (SSSR count). The van der Waals surface area contributed by atoms with Crippen molar-refractivity contribution in [2.24, 2.45) is 11.3 Å². The molecule has 4 heteroatoms. The van der Waals surface area contributed by atoms with Crippen LogP contribution in [0.15, 0.2) is 12.1 Å². The van der Waals surface area contributed by atoms with Crippen LogP contribution in [0.3, 0.4) is 0 Å². The average Bonchev–Trinajstić information content (AvgIpc) is 2.52. The van der Waals surface area contributed by atoms with E-state index in [1.54, 1.807) is 12.1 Å². The Labute approximate surface area is 132 Å². The second-order valence-corrected chi connectivity index (χ2v) is 7.63. The maximum Gasteiger partial charge on any atom is 0.0746 e. The molecule has 2 nitrogen and oxygen atoms in total. The van der Waals surface area contributed by atoms with Crippen LogP contribution in [0, 0.1) is 11.3 Å². The molecule has 0 aromatic heterocycles. The van der Waals surface area contributed by atoms with Gasteiger partial charge in [-0.15, -0.1) is 0 Å². The highest BCUT2D eigenvalue weighted by molar-refractivity contribution is 6.39. The standard InChI is InChI=1S/C16H24Cl2N2/c1-16(2,3)11-5-4-7-20(8-6-11)15-13(17)9-12(19)10-14(15)18/h9-11H,4-8,19H2,1-3H3. The lowest BCUT2D eigenvalue weighted by Gasteiger charge is -2.30. The van der Waals surface area contributed by atoms with Crippen molar-refractivity contribution in [1.29, 1.82) is 0 Å². The van der Waals surface area contributed by atoms with Gasteiger partial charge in [-0.3, -0.25) is 0 Å². The quantitative estimate of drug-likeness (QED) is 0.719. The SMILES string of the molecule is CC(C)(C)C1CCCN(c2c(Cl)cc(N)cc2Cl)CC1. The summed E-state index contributed by atoms with van der Waals surface area (Å²) in [6.07, 6.45) is 3.63. The number of benzene rings is 1. The van der Waals surface area contributed by atoms with Crippen molar-refractivity contribution >= 4 is 34.6 Å². The molecule has 0 bridgehead atoms. The van der Waals surface area contributed by atoms with E-state index in [2.05, 4.69) is 25.7 Å². The molecule has 1 aromatic carbocycles. The second kappa shape index (κ2) is 6.03. The summed E-state index contributed by atoms with van der Waals surface area (Å²) < 4.78 is 0. The summed E-state index contributed by atoms with van der Waals surface area (Å²) in [7, 11) is 0. The Kier molecular flexibility index (Phi) is 4.76. The van der Waals surface area contributed by atoms with Gasteiger partial charge in [0.15, 0.2) is 0 Å². The van der Waals surface area contributed by atoms with Gasteiger partial charge in [0.05, 0.1) is 15.7 Å². The van der Waals surface area contributed by atoms with Gasteiger partial charge in [0.1, 0.15) is 0 Å². The molecule has 1 heterocycles. The Morgan fingerprint density at radius 1 is 1.10 bits per heavy atom. The average molecular weight is 315 g/mol. The van der Waals surface area contributed by atoms with Crippen LogP contribution < -0.4 is 10.6 Å². The van der Waals surface area contributed by atoms with Crippen LogP contribution in [0.5, 0.6) is 0 Å². The number of halogens is 2. The van der Waals surface area contributed by atoms with E-state index >= 15 is 0 Å². The predicted octanol–water partition coefficient (Wildman–Crippen LogP) is 5.23. The third kappa shape index (κ3) is 3.53. The molecule has 2 N–H and O–H groups in total. The second-order valence-electron chi connectivity index (χ2n) is 6.81. The third-order valence-corrected chi connectivity index (χ3v) is 4.88. The topological polar surface area (TPSA) is 29.3 Å². The molecule has 1 aromatic rings. The number of anilines is 2. The van der Waals surface area contributed by atoms with Crippen molar-refractivity contribution in [2.45, 2.75) is 40.0 Å². The summed E-state index contributed by atoms with van der Waals surface area (Å²) in [5.74, 6) is 0.749. The van der Waals surface area contributed by atoms with Crippen LogP contribution in [0.4, 0.5) is 11.4 Å². The van der Waals surface area contributed by atoms with E-state index in [9.17, 15) is 0 Å². The fraction of sp³-hybridized carbons (Fsp3) is 0.625. The molecule has 1 aliphatic heterocycles. The molecular weight excluding hydrogens is 291 g/mol. The summed E-state index contributed by atoms with van der Waals surface area (Å²) in [4.78, 5) is 2.32. The molecule has 0 spiro atoms. The van der Waals surface area contributed by atoms with E-state index in [0.717, 1.165) is 24.7 Å². The van der Waals surface area contributed by atoms with E-state index in [1.807, 2.05) is 0 Å². The number of rotatable bonds is 1. The number of nitrogens with two attached hydrogens (primary N) is 1. The van der Waals surface area contributed by atoms with Crippen LogP contribution >= 0.6 is 23.2 Å². The largest absolute Gasteiger partial charge is 0.399 e. The van der Waals surface area contributed by atoms with Gasteiger partial charge in [-0.1, -0.05) is 44.0 Å². The van der Waals surface area contributed by atoms with Gasteiger partial charge >= 0.3 is 0 Å². The number of hydrogen-bond donors (Lipinski definition) is 1. The van der Waals surface area contributed by atoms with Crippen molar-refractivity contribution < 1.29 is 0 Å². The Bertz CT molecular complexity index is 457. The lowest BCUT2D eigenvalue weighted by atomic mass is 9.77. The fourth-order valence-electron chi connectivity index (χ4n) is 3.07. The fourth-order valence-corrected chi connectivity index (χ4v) is 3.82. The Hall–Kier alpha value is -0.600. The minimum Gasteiger partial charge on any atom is -0.399 e. The lowest BCUT2D eigenvalue weighted by molar-refractivity contribution is 0.220. The highest BCUT2D eigenvalue weighted by atomic mass is 35.5. The van der Waals surface area contributed by atoms with E-state index in [4.69, 9.17) is 28.9 Å². The predicted molar refractivity (Wildman–Crippen MR) is 89.9 cm³/mol. The van der Waals surface area contributed by atoms with Crippen LogP contribution in [-0.2, 0) is 0 Å². The highest BCUT2D eigenvalue weighted by Gasteiger charge is 2.28. The monoisotopic (exact) mass is 314 g/mol. The summed E-state index contributed by atoms with van der Waals surface area (Å²) in [5, 5.41) is 1.31. The zero-order valence-electron chi connectivity index (χ0n) is 12.5. The Morgan fingerprint density at radius 2 is 1.70 bits per heavy atom. The molecule has 1 aliphatic rings. The van der Waals surface area contributed by atoms with Crippen molar-refractivity contribution in [3.63, 3.8) is 0 Å². The van der Waals surface area contributed by atoms with E-state index in [0.29, 0.717) is 21.1 Å². The van der Waals surface area contributed by atoms with Gasteiger partial charge in [0.25, 0.3) is 0 Å². The van der Waals surface area contributed by atoms with Crippen LogP contribution in [0.1, 0.15) is 40.0 Å². The molecule has 112 valence electrons. The zero-order chi connectivity index (χ0) is 14.9. The number of nitrogens with zero attached hydrogens (tertiary/aromatic N) is 1. The Morgan fingerprint density at radius 3 is 2.25 bits per heavy atom. The molecule has 20 heavy (non-hydrogen) atoms. The Balaban J connectivity index is 2.19. The molecule has 0 aliphatic carbocycles. The van der Waals surface area contributed by atoms with E-state index < -0.39 is 0 Å². The first-order valence-corrected chi connectivity index (χ1v) is 8.04. The van der Waals surface area contributed by atoms with Gasteiger partial charge in [-0.2, -0.15) is 0 Å². The number of hydrogen-bond acceptors (Lipinski definition) is 2. The molecule has 0 amide bonds. The van der Waals surface area contributed by atoms with Gasteiger partial charge in [-0.25, -0.2) is 0 Å². The minimum absolute atomic E-state index is 0.366. The van der Waals surface area contributed by atoms with Gasteiger partial charge in [0, 0.05) is 18.8 Å². The van der Waals surface area contributed by atoms with E-state index in [1.165, 1.54) is 19.3 Å². The van der Waals surface area contributed by atoms with Crippen LogP contribution in [-0.4, -0.2) is 13.1 Å². The van der Waals surface area contributed by atoms with Crippen molar-refractivity contribution in [2.75, 3.05) is 23.7 Å². The highest BCUT2D eigenvalue weighted by Crippen LogP contribution is 2.40. The summed E-state index contributed by atoms with van der Waals surface area (Å²) in [6.45, 7) is 9.00. The summed E-state index contributed by atoms with van der Waals surface area (Å²) in [6, 6.07) is 3.57. The minimum atomic E-state index is 0.366. The van der Waals surface area contributed by atoms with Crippen molar-refractivity contribution in [3.05, 3.63) is 22.2 Å². The smallest absolute Gasteiger partial charge is 0.0746 e. The molecule has 1 fully saturated rings. The van der Waals surface area contributed by atoms with Gasteiger partial charge < -0.3 is 10.6 Å². The first kappa shape index (κ1) is 15.8. The van der Waals surface area contributed by atoms with Crippen LogP contribution in [0.25, 0.3) is 0 Å². The normalized spacial score (nSPS) is 20.9. The molecule has 1 saturated heterocycles. The molecular formula is C16H24Cl2N2. The third-order valence-electron chi connectivity index (χ3n) is 4.31. The molecule has 0 saturated carbocycles. The van der Waals surface area contributed by atoms with Gasteiger partial charge in [0.2, 0.25) is 0 Å². The first-order valence-electron chi connectivity index (χ1n) is 7.28.